The molecule has 0 atom stereocenters. The number of hydrogen-bond acceptors (Lipinski definition) is 3. The predicted octanol–water partition coefficient (Wildman–Crippen LogP) is 1.59. The van der Waals surface area contributed by atoms with Crippen molar-refractivity contribution in [2.45, 2.75) is 39.8 Å². The first-order valence-corrected chi connectivity index (χ1v) is 5.37. The van der Waals surface area contributed by atoms with Crippen molar-refractivity contribution in [2.75, 3.05) is 11.4 Å². The second-order valence-electron chi connectivity index (χ2n) is 4.66. The molecule has 0 unspecified atom stereocenters. The molecular formula is C11H19N3O2. The summed E-state index contributed by atoms with van der Waals surface area (Å²) in [5, 5.41) is 8.93. The van der Waals surface area contributed by atoms with Gasteiger partial charge in [-0.1, -0.05) is 0 Å². The van der Waals surface area contributed by atoms with Crippen LogP contribution >= 0.6 is 0 Å². The van der Waals surface area contributed by atoms with Gasteiger partial charge in [-0.25, -0.2) is 4.98 Å². The molecule has 0 aromatic carbocycles. The molecule has 0 radical (unpaired) electrons. The zero-order valence-electron chi connectivity index (χ0n) is 10.3. The molecule has 5 nitrogen and oxygen atoms in total. The number of carbonyl (C=O) groups is 1. The third-order valence-electron chi connectivity index (χ3n) is 2.38. The van der Waals surface area contributed by atoms with Crippen LogP contribution in [-0.4, -0.2) is 32.7 Å². The van der Waals surface area contributed by atoms with Gasteiger partial charge in [-0.05, 0) is 27.7 Å². The number of aryl methyl sites for hydroxylation is 1. The maximum atomic E-state index is 10.9. The van der Waals surface area contributed by atoms with Crippen LogP contribution in [0.3, 0.4) is 0 Å². The van der Waals surface area contributed by atoms with E-state index in [1.165, 1.54) is 0 Å². The van der Waals surface area contributed by atoms with Crippen molar-refractivity contribution in [3.05, 3.63) is 12.4 Å². The van der Waals surface area contributed by atoms with Crippen LogP contribution in [0, 0.1) is 0 Å². The third-order valence-corrected chi connectivity index (χ3v) is 2.38. The zero-order chi connectivity index (χ0) is 12.3. The van der Waals surface area contributed by atoms with Gasteiger partial charge >= 0.3 is 5.97 Å². The number of aromatic nitrogens is 2. The SMILES string of the molecule is CCn1ccnc1N(CC(=O)O)C(C)(C)C. The van der Waals surface area contributed by atoms with E-state index in [2.05, 4.69) is 4.98 Å². The first kappa shape index (κ1) is 12.5. The topological polar surface area (TPSA) is 58.4 Å². The van der Waals surface area contributed by atoms with Gasteiger partial charge in [0, 0.05) is 24.5 Å². The quantitative estimate of drug-likeness (QED) is 0.845. The summed E-state index contributed by atoms with van der Waals surface area (Å²) in [4.78, 5) is 16.9. The molecule has 1 N–H and O–H groups in total. The fraction of sp³-hybridized carbons (Fsp3) is 0.636. The normalized spacial score (nSPS) is 11.5. The van der Waals surface area contributed by atoms with E-state index >= 15 is 0 Å². The number of carboxylic acids is 1. The van der Waals surface area contributed by atoms with Gasteiger partial charge < -0.3 is 14.6 Å². The molecule has 0 saturated heterocycles. The van der Waals surface area contributed by atoms with E-state index in [1.54, 1.807) is 11.1 Å². The van der Waals surface area contributed by atoms with Crippen molar-refractivity contribution in [1.82, 2.24) is 9.55 Å². The predicted molar refractivity (Wildman–Crippen MR) is 62.6 cm³/mol. The zero-order valence-corrected chi connectivity index (χ0v) is 10.3. The summed E-state index contributed by atoms with van der Waals surface area (Å²) in [5.74, 6) is -0.141. The molecule has 16 heavy (non-hydrogen) atoms. The summed E-state index contributed by atoms with van der Waals surface area (Å²) >= 11 is 0. The Morgan fingerprint density at radius 3 is 2.62 bits per heavy atom. The monoisotopic (exact) mass is 225 g/mol. The first-order chi connectivity index (χ1) is 7.36. The van der Waals surface area contributed by atoms with E-state index < -0.39 is 5.97 Å². The smallest absolute Gasteiger partial charge is 0.323 e. The lowest BCUT2D eigenvalue weighted by Gasteiger charge is -2.35. The maximum Gasteiger partial charge on any atom is 0.323 e. The Kier molecular flexibility index (Phi) is 3.57. The molecule has 0 aliphatic carbocycles. The molecule has 0 aliphatic heterocycles. The van der Waals surface area contributed by atoms with E-state index in [0.29, 0.717) is 5.95 Å². The Labute approximate surface area is 95.7 Å². The van der Waals surface area contributed by atoms with Crippen LogP contribution < -0.4 is 4.90 Å². The Morgan fingerprint density at radius 1 is 1.56 bits per heavy atom. The minimum atomic E-state index is -0.847. The number of nitrogens with zero attached hydrogens (tertiary/aromatic N) is 3. The van der Waals surface area contributed by atoms with Gasteiger partial charge in [0.15, 0.2) is 0 Å². The number of carboxylic acid groups (broad SMARTS) is 1. The van der Waals surface area contributed by atoms with Crippen LogP contribution in [0.4, 0.5) is 5.95 Å². The Morgan fingerprint density at radius 2 is 2.19 bits per heavy atom. The van der Waals surface area contributed by atoms with Gasteiger partial charge in [0.1, 0.15) is 6.54 Å². The highest BCUT2D eigenvalue weighted by atomic mass is 16.4. The number of aliphatic carboxylic acids is 1. The van der Waals surface area contributed by atoms with Crippen molar-refractivity contribution in [3.63, 3.8) is 0 Å². The highest BCUT2D eigenvalue weighted by Crippen LogP contribution is 2.21. The van der Waals surface area contributed by atoms with E-state index in [4.69, 9.17) is 5.11 Å². The molecule has 0 spiro atoms. The molecule has 1 aromatic rings. The first-order valence-electron chi connectivity index (χ1n) is 5.37. The molecule has 1 rings (SSSR count). The van der Waals surface area contributed by atoms with E-state index in [-0.39, 0.29) is 12.1 Å². The third kappa shape index (κ3) is 2.74. The second kappa shape index (κ2) is 4.55. The number of hydrogen-bond donors (Lipinski definition) is 1. The molecule has 0 saturated carbocycles. The number of rotatable bonds is 4. The van der Waals surface area contributed by atoms with Crippen molar-refractivity contribution < 1.29 is 9.90 Å². The lowest BCUT2D eigenvalue weighted by Crippen LogP contribution is -2.46. The van der Waals surface area contributed by atoms with Crippen LogP contribution in [0.1, 0.15) is 27.7 Å². The summed E-state index contributed by atoms with van der Waals surface area (Å²) in [6.07, 6.45) is 3.55. The number of anilines is 1. The summed E-state index contributed by atoms with van der Waals surface area (Å²) < 4.78 is 1.94. The van der Waals surface area contributed by atoms with Crippen LogP contribution in [0.2, 0.25) is 0 Å². The van der Waals surface area contributed by atoms with Crippen LogP contribution in [0.5, 0.6) is 0 Å². The van der Waals surface area contributed by atoms with Crippen LogP contribution in [-0.2, 0) is 11.3 Å². The summed E-state index contributed by atoms with van der Waals surface area (Å²) in [6, 6.07) is 0. The van der Waals surface area contributed by atoms with E-state index in [9.17, 15) is 4.79 Å². The van der Waals surface area contributed by atoms with Gasteiger partial charge in [0.25, 0.3) is 0 Å². The molecule has 0 fully saturated rings. The minimum Gasteiger partial charge on any atom is -0.480 e. The van der Waals surface area contributed by atoms with E-state index in [1.807, 2.05) is 38.5 Å². The summed E-state index contributed by atoms with van der Waals surface area (Å²) in [7, 11) is 0. The Hall–Kier alpha value is -1.52. The number of imidazole rings is 1. The lowest BCUT2D eigenvalue weighted by molar-refractivity contribution is -0.135. The fourth-order valence-electron chi connectivity index (χ4n) is 1.54. The molecule has 1 heterocycles. The summed E-state index contributed by atoms with van der Waals surface area (Å²) in [5.41, 5.74) is -0.267. The van der Waals surface area contributed by atoms with Gasteiger partial charge in [-0.15, -0.1) is 0 Å². The molecule has 0 bridgehead atoms. The van der Waals surface area contributed by atoms with Crippen molar-refractivity contribution >= 4 is 11.9 Å². The molecule has 0 aliphatic rings. The Bertz CT molecular complexity index is 366. The van der Waals surface area contributed by atoms with Gasteiger partial charge in [0.05, 0.1) is 0 Å². The maximum absolute atomic E-state index is 10.9. The van der Waals surface area contributed by atoms with Crippen molar-refractivity contribution in [3.8, 4) is 0 Å². The average molecular weight is 225 g/mol. The highest BCUT2D eigenvalue weighted by Gasteiger charge is 2.26. The average Bonchev–Trinajstić information content (AvgIpc) is 2.59. The molecular weight excluding hydrogens is 206 g/mol. The van der Waals surface area contributed by atoms with Crippen molar-refractivity contribution in [2.24, 2.45) is 0 Å². The van der Waals surface area contributed by atoms with Crippen LogP contribution in [0.15, 0.2) is 12.4 Å². The highest BCUT2D eigenvalue weighted by molar-refractivity contribution is 5.73. The molecule has 5 heteroatoms. The fourth-order valence-corrected chi connectivity index (χ4v) is 1.54. The van der Waals surface area contributed by atoms with Crippen LogP contribution in [0.25, 0.3) is 0 Å². The van der Waals surface area contributed by atoms with Crippen molar-refractivity contribution in [1.29, 1.82) is 0 Å². The standard InChI is InChI=1S/C11H19N3O2/c1-5-13-7-6-12-10(13)14(8-9(15)16)11(2,3)4/h6-7H,5,8H2,1-4H3,(H,15,16). The summed E-state index contributed by atoms with van der Waals surface area (Å²) in [6.45, 7) is 8.68. The van der Waals surface area contributed by atoms with Gasteiger partial charge in [0.2, 0.25) is 5.95 Å². The molecule has 0 amide bonds. The largest absolute Gasteiger partial charge is 0.480 e. The van der Waals surface area contributed by atoms with E-state index in [0.717, 1.165) is 6.54 Å². The minimum absolute atomic E-state index is 0.0412. The molecule has 90 valence electrons. The van der Waals surface area contributed by atoms with Gasteiger partial charge in [-0.2, -0.15) is 0 Å². The molecule has 1 aromatic heterocycles. The van der Waals surface area contributed by atoms with Gasteiger partial charge in [-0.3, -0.25) is 4.79 Å². The second-order valence-corrected chi connectivity index (χ2v) is 4.66. The lowest BCUT2D eigenvalue weighted by atomic mass is 10.1. The Balaban J connectivity index is 3.06.